The van der Waals surface area contributed by atoms with Crippen molar-refractivity contribution in [1.82, 2.24) is 10.6 Å². The highest BCUT2D eigenvalue weighted by Gasteiger charge is 2.20. The van der Waals surface area contributed by atoms with E-state index in [1.807, 2.05) is 13.0 Å². The fourth-order valence-corrected chi connectivity index (χ4v) is 4.83. The van der Waals surface area contributed by atoms with E-state index in [9.17, 15) is 18.0 Å². The summed E-state index contributed by atoms with van der Waals surface area (Å²) < 4.78 is 28.0. The maximum atomic E-state index is 12.7. The van der Waals surface area contributed by atoms with Crippen molar-refractivity contribution < 1.29 is 18.0 Å². The van der Waals surface area contributed by atoms with Crippen LogP contribution in [-0.2, 0) is 14.8 Å². The Labute approximate surface area is 187 Å². The summed E-state index contributed by atoms with van der Waals surface area (Å²) >= 11 is 6.12. The van der Waals surface area contributed by atoms with Gasteiger partial charge in [-0.25, -0.2) is 8.42 Å². The minimum absolute atomic E-state index is 0.0146. The number of hydrogen-bond acceptors (Lipinski definition) is 4. The van der Waals surface area contributed by atoms with Crippen molar-refractivity contribution in [3.8, 4) is 0 Å². The van der Waals surface area contributed by atoms with Crippen LogP contribution >= 0.6 is 11.6 Å². The van der Waals surface area contributed by atoms with Gasteiger partial charge in [0.25, 0.3) is 15.9 Å². The number of halogens is 1. The number of carbonyl (C=O) groups excluding carboxylic acids is 2. The van der Waals surface area contributed by atoms with Gasteiger partial charge in [0.05, 0.1) is 22.0 Å². The van der Waals surface area contributed by atoms with Crippen molar-refractivity contribution in [2.24, 2.45) is 0 Å². The molecule has 1 aliphatic carbocycles. The van der Waals surface area contributed by atoms with Crippen LogP contribution in [0.4, 0.5) is 5.69 Å². The number of anilines is 1. The van der Waals surface area contributed by atoms with E-state index in [4.69, 9.17) is 11.6 Å². The van der Waals surface area contributed by atoms with Crippen LogP contribution in [0.25, 0.3) is 0 Å². The van der Waals surface area contributed by atoms with Crippen molar-refractivity contribution in [2.75, 3.05) is 11.3 Å². The van der Waals surface area contributed by atoms with Crippen LogP contribution in [0, 0.1) is 6.92 Å². The van der Waals surface area contributed by atoms with E-state index < -0.39 is 15.9 Å². The first kappa shape index (κ1) is 23.1. The standard InChI is InChI=1S/C22H26ClN3O4S/c1-15-6-5-9-17(12-15)26-31(29,30)18-10-11-20(23)19(13-18)22(28)24-14-21(27)25-16-7-3-2-4-8-16/h5-6,9-13,16,26H,2-4,7-8,14H2,1H3,(H,24,28)(H,25,27). The molecule has 2 amide bonds. The highest BCUT2D eigenvalue weighted by atomic mass is 35.5. The highest BCUT2D eigenvalue weighted by Crippen LogP contribution is 2.23. The van der Waals surface area contributed by atoms with Crippen molar-refractivity contribution >= 4 is 39.1 Å². The Kier molecular flexibility index (Phi) is 7.56. The third kappa shape index (κ3) is 6.45. The average Bonchev–Trinajstić information content (AvgIpc) is 2.72. The van der Waals surface area contributed by atoms with E-state index in [0.717, 1.165) is 31.2 Å². The maximum Gasteiger partial charge on any atom is 0.261 e. The van der Waals surface area contributed by atoms with Crippen LogP contribution in [0.1, 0.15) is 48.0 Å². The Morgan fingerprint density at radius 1 is 1.06 bits per heavy atom. The fourth-order valence-electron chi connectivity index (χ4n) is 3.55. The van der Waals surface area contributed by atoms with Crippen molar-refractivity contribution in [3.63, 3.8) is 0 Å². The number of aryl methyl sites for hydroxylation is 1. The van der Waals surface area contributed by atoms with Gasteiger partial charge in [0.1, 0.15) is 0 Å². The second-order valence-corrected chi connectivity index (χ2v) is 9.79. The van der Waals surface area contributed by atoms with E-state index >= 15 is 0 Å². The molecule has 2 aromatic rings. The SMILES string of the molecule is Cc1cccc(NS(=O)(=O)c2ccc(Cl)c(C(=O)NCC(=O)NC3CCCCC3)c2)c1. The van der Waals surface area contributed by atoms with Gasteiger partial charge in [-0.05, 0) is 55.7 Å². The number of nitrogens with one attached hydrogen (secondary N) is 3. The molecule has 9 heteroatoms. The smallest absolute Gasteiger partial charge is 0.261 e. The van der Waals surface area contributed by atoms with Gasteiger partial charge in [-0.3, -0.25) is 14.3 Å². The molecule has 7 nitrogen and oxygen atoms in total. The first-order valence-electron chi connectivity index (χ1n) is 10.2. The van der Waals surface area contributed by atoms with E-state index in [-0.39, 0.29) is 34.0 Å². The third-order valence-electron chi connectivity index (χ3n) is 5.14. The first-order valence-corrected chi connectivity index (χ1v) is 12.1. The summed E-state index contributed by atoms with van der Waals surface area (Å²) in [7, 11) is -3.92. The van der Waals surface area contributed by atoms with Crippen LogP contribution in [0.5, 0.6) is 0 Å². The Bertz CT molecular complexity index is 1070. The molecule has 0 bridgehead atoms. The zero-order valence-corrected chi connectivity index (χ0v) is 18.9. The molecule has 0 spiro atoms. The summed E-state index contributed by atoms with van der Waals surface area (Å²) in [6.45, 7) is 1.65. The number of hydrogen-bond donors (Lipinski definition) is 3. The molecule has 0 saturated heterocycles. The lowest BCUT2D eigenvalue weighted by Gasteiger charge is -2.22. The molecule has 3 rings (SSSR count). The predicted octanol–water partition coefficient (Wildman–Crippen LogP) is 3.63. The zero-order valence-electron chi connectivity index (χ0n) is 17.3. The van der Waals surface area contributed by atoms with Crippen LogP contribution in [0.3, 0.4) is 0 Å². The van der Waals surface area contributed by atoms with Gasteiger partial charge in [-0.1, -0.05) is 43.0 Å². The molecule has 1 fully saturated rings. The molecule has 166 valence electrons. The zero-order chi connectivity index (χ0) is 22.4. The topological polar surface area (TPSA) is 104 Å². The number of sulfonamides is 1. The lowest BCUT2D eigenvalue weighted by atomic mass is 9.95. The number of amides is 2. The predicted molar refractivity (Wildman–Crippen MR) is 121 cm³/mol. The van der Waals surface area contributed by atoms with Gasteiger partial charge in [-0.2, -0.15) is 0 Å². The highest BCUT2D eigenvalue weighted by molar-refractivity contribution is 7.92. The van der Waals surface area contributed by atoms with Crippen LogP contribution in [-0.4, -0.2) is 32.8 Å². The number of rotatable bonds is 7. The minimum atomic E-state index is -3.92. The van der Waals surface area contributed by atoms with Gasteiger partial charge in [0, 0.05) is 11.7 Å². The van der Waals surface area contributed by atoms with E-state index in [1.54, 1.807) is 18.2 Å². The van der Waals surface area contributed by atoms with Gasteiger partial charge in [-0.15, -0.1) is 0 Å². The molecule has 31 heavy (non-hydrogen) atoms. The molecule has 0 heterocycles. The molecule has 1 aliphatic rings. The Morgan fingerprint density at radius 2 is 1.81 bits per heavy atom. The Morgan fingerprint density at radius 3 is 2.52 bits per heavy atom. The molecule has 0 aromatic heterocycles. The average molecular weight is 464 g/mol. The van der Waals surface area contributed by atoms with Crippen LogP contribution < -0.4 is 15.4 Å². The molecule has 0 unspecified atom stereocenters. The largest absolute Gasteiger partial charge is 0.352 e. The van der Waals surface area contributed by atoms with Gasteiger partial charge in [0.2, 0.25) is 5.91 Å². The van der Waals surface area contributed by atoms with Crippen molar-refractivity contribution in [3.05, 3.63) is 58.6 Å². The van der Waals surface area contributed by atoms with Crippen LogP contribution in [0.2, 0.25) is 5.02 Å². The normalized spacial score (nSPS) is 14.6. The summed E-state index contributed by atoms with van der Waals surface area (Å²) in [6.07, 6.45) is 5.24. The first-order chi connectivity index (χ1) is 14.7. The molecule has 1 saturated carbocycles. The van der Waals surface area contributed by atoms with Gasteiger partial charge >= 0.3 is 0 Å². The molecule has 0 atom stereocenters. The van der Waals surface area contributed by atoms with Crippen molar-refractivity contribution in [2.45, 2.75) is 50.0 Å². The van der Waals surface area contributed by atoms with E-state index in [2.05, 4.69) is 15.4 Å². The molecular weight excluding hydrogens is 438 g/mol. The number of carbonyl (C=O) groups is 2. The summed E-state index contributed by atoms with van der Waals surface area (Å²) in [6, 6.07) is 11.0. The molecule has 3 N–H and O–H groups in total. The van der Waals surface area contributed by atoms with Gasteiger partial charge in [0.15, 0.2) is 0 Å². The Hall–Kier alpha value is -2.58. The van der Waals surface area contributed by atoms with Gasteiger partial charge < -0.3 is 10.6 Å². The Balaban J connectivity index is 1.66. The summed E-state index contributed by atoms with van der Waals surface area (Å²) in [4.78, 5) is 24.6. The van der Waals surface area contributed by atoms with E-state index in [0.29, 0.717) is 5.69 Å². The lowest BCUT2D eigenvalue weighted by Crippen LogP contribution is -2.42. The lowest BCUT2D eigenvalue weighted by molar-refractivity contribution is -0.121. The summed E-state index contributed by atoms with van der Waals surface area (Å²) in [5.74, 6) is -0.891. The minimum Gasteiger partial charge on any atom is -0.352 e. The molecule has 0 radical (unpaired) electrons. The second kappa shape index (κ2) is 10.2. The second-order valence-electron chi connectivity index (χ2n) is 7.70. The fraction of sp³-hybridized carbons (Fsp3) is 0.364. The quantitative estimate of drug-likeness (QED) is 0.583. The monoisotopic (exact) mass is 463 g/mol. The number of benzene rings is 2. The third-order valence-corrected chi connectivity index (χ3v) is 6.85. The summed E-state index contributed by atoms with van der Waals surface area (Å²) in [5.41, 5.74) is 1.31. The van der Waals surface area contributed by atoms with Crippen molar-refractivity contribution in [1.29, 1.82) is 0 Å². The molecule has 0 aliphatic heterocycles. The molecular formula is C22H26ClN3O4S. The van der Waals surface area contributed by atoms with E-state index in [1.165, 1.54) is 24.6 Å². The molecule has 2 aromatic carbocycles. The summed E-state index contributed by atoms with van der Waals surface area (Å²) in [5, 5.41) is 5.53. The maximum absolute atomic E-state index is 12.7. The van der Waals surface area contributed by atoms with Crippen LogP contribution in [0.15, 0.2) is 47.4 Å².